The molecule has 0 aliphatic heterocycles. The fourth-order valence-electron chi connectivity index (χ4n) is 1.28. The van der Waals surface area contributed by atoms with Crippen LogP contribution in [0.2, 0.25) is 0 Å². The van der Waals surface area contributed by atoms with Crippen molar-refractivity contribution in [3.8, 4) is 0 Å². The lowest BCUT2D eigenvalue weighted by molar-refractivity contribution is -0.139. The smallest absolute Gasteiger partial charge is 0.307 e. The zero-order valence-electron chi connectivity index (χ0n) is 6.26. The maximum Gasteiger partial charge on any atom is 0.307 e. The van der Waals surface area contributed by atoms with E-state index < -0.39 is 5.97 Å². The van der Waals surface area contributed by atoms with Gasteiger partial charge in [-0.25, -0.2) is 0 Å². The van der Waals surface area contributed by atoms with E-state index in [0.29, 0.717) is 6.61 Å². The summed E-state index contributed by atoms with van der Waals surface area (Å²) in [6.07, 6.45) is 0.760. The SMILES string of the molecule is COCC1(C)CC1C(=O)O. The molecular formula is C7H12O3. The van der Waals surface area contributed by atoms with E-state index >= 15 is 0 Å². The van der Waals surface area contributed by atoms with Crippen molar-refractivity contribution in [1.82, 2.24) is 0 Å². The lowest BCUT2D eigenvalue weighted by Gasteiger charge is -2.05. The number of carbonyl (C=O) groups is 1. The number of ether oxygens (including phenoxy) is 1. The third kappa shape index (κ3) is 1.14. The van der Waals surface area contributed by atoms with E-state index in [0.717, 1.165) is 6.42 Å². The summed E-state index contributed by atoms with van der Waals surface area (Å²) < 4.78 is 4.89. The van der Waals surface area contributed by atoms with Gasteiger partial charge in [-0.05, 0) is 6.42 Å². The monoisotopic (exact) mass is 144 g/mol. The van der Waals surface area contributed by atoms with Gasteiger partial charge in [-0.1, -0.05) is 6.92 Å². The fourth-order valence-corrected chi connectivity index (χ4v) is 1.28. The van der Waals surface area contributed by atoms with Gasteiger partial charge in [-0.3, -0.25) is 4.79 Å². The van der Waals surface area contributed by atoms with Crippen LogP contribution in [0.5, 0.6) is 0 Å². The summed E-state index contributed by atoms with van der Waals surface area (Å²) in [5, 5.41) is 8.56. The molecule has 10 heavy (non-hydrogen) atoms. The van der Waals surface area contributed by atoms with Gasteiger partial charge in [0.25, 0.3) is 0 Å². The second-order valence-electron chi connectivity index (χ2n) is 3.18. The molecule has 0 aromatic heterocycles. The van der Waals surface area contributed by atoms with Crippen LogP contribution >= 0.6 is 0 Å². The van der Waals surface area contributed by atoms with Gasteiger partial charge in [0.05, 0.1) is 12.5 Å². The number of rotatable bonds is 3. The second-order valence-corrected chi connectivity index (χ2v) is 3.18. The van der Waals surface area contributed by atoms with E-state index in [1.54, 1.807) is 7.11 Å². The van der Waals surface area contributed by atoms with E-state index in [9.17, 15) is 4.79 Å². The zero-order chi connectivity index (χ0) is 7.78. The van der Waals surface area contributed by atoms with Gasteiger partial charge in [-0.15, -0.1) is 0 Å². The van der Waals surface area contributed by atoms with E-state index in [4.69, 9.17) is 9.84 Å². The largest absolute Gasteiger partial charge is 0.481 e. The van der Waals surface area contributed by atoms with Gasteiger partial charge >= 0.3 is 5.97 Å². The summed E-state index contributed by atoms with van der Waals surface area (Å²) in [7, 11) is 1.60. The Kier molecular flexibility index (Phi) is 1.68. The highest BCUT2D eigenvalue weighted by Crippen LogP contribution is 2.52. The summed E-state index contributed by atoms with van der Waals surface area (Å²) in [6, 6.07) is 0. The molecule has 1 aliphatic carbocycles. The molecule has 0 bridgehead atoms. The predicted molar refractivity (Wildman–Crippen MR) is 35.7 cm³/mol. The Balaban J connectivity index is 2.40. The minimum Gasteiger partial charge on any atom is -0.481 e. The minimum absolute atomic E-state index is 0.0828. The number of hydrogen-bond donors (Lipinski definition) is 1. The summed E-state index contributed by atoms with van der Waals surface area (Å²) >= 11 is 0. The molecule has 0 saturated heterocycles. The number of carboxylic acids is 1. The lowest BCUT2D eigenvalue weighted by Crippen LogP contribution is -2.12. The van der Waals surface area contributed by atoms with Crippen LogP contribution in [-0.4, -0.2) is 24.8 Å². The lowest BCUT2D eigenvalue weighted by atomic mass is 10.1. The molecule has 0 spiro atoms. The highest BCUT2D eigenvalue weighted by Gasteiger charge is 2.54. The van der Waals surface area contributed by atoms with Crippen LogP contribution in [0.25, 0.3) is 0 Å². The molecule has 1 N–H and O–H groups in total. The van der Waals surface area contributed by atoms with E-state index in [1.807, 2.05) is 6.92 Å². The van der Waals surface area contributed by atoms with Crippen molar-refractivity contribution in [1.29, 1.82) is 0 Å². The van der Waals surface area contributed by atoms with Crippen molar-refractivity contribution >= 4 is 5.97 Å². The molecule has 3 heteroatoms. The molecule has 3 nitrogen and oxygen atoms in total. The van der Waals surface area contributed by atoms with Crippen LogP contribution in [0.4, 0.5) is 0 Å². The van der Waals surface area contributed by atoms with Crippen LogP contribution in [0, 0.1) is 11.3 Å². The fraction of sp³-hybridized carbons (Fsp3) is 0.857. The van der Waals surface area contributed by atoms with Crippen molar-refractivity contribution < 1.29 is 14.6 Å². The van der Waals surface area contributed by atoms with Gasteiger partial charge in [0.2, 0.25) is 0 Å². The van der Waals surface area contributed by atoms with E-state index in [-0.39, 0.29) is 11.3 Å². The van der Waals surface area contributed by atoms with Crippen LogP contribution < -0.4 is 0 Å². The standard InChI is InChI=1S/C7H12O3/c1-7(4-10-2)3-5(7)6(8)9/h5H,3-4H2,1-2H3,(H,8,9). The Morgan fingerprint density at radius 2 is 2.50 bits per heavy atom. The van der Waals surface area contributed by atoms with Gasteiger partial charge in [-0.2, -0.15) is 0 Å². The van der Waals surface area contributed by atoms with Gasteiger partial charge in [0, 0.05) is 12.5 Å². The highest BCUT2D eigenvalue weighted by molar-refractivity contribution is 5.74. The predicted octanol–water partition coefficient (Wildman–Crippen LogP) is 0.744. The quantitative estimate of drug-likeness (QED) is 0.635. The number of aliphatic carboxylic acids is 1. The van der Waals surface area contributed by atoms with E-state index in [1.165, 1.54) is 0 Å². The number of hydrogen-bond acceptors (Lipinski definition) is 2. The zero-order valence-corrected chi connectivity index (χ0v) is 6.26. The molecular weight excluding hydrogens is 132 g/mol. The normalized spacial score (nSPS) is 37.6. The first-order valence-electron chi connectivity index (χ1n) is 3.32. The van der Waals surface area contributed by atoms with Crippen molar-refractivity contribution in [2.45, 2.75) is 13.3 Å². The summed E-state index contributed by atoms with van der Waals surface area (Å²) in [5.41, 5.74) is -0.0828. The van der Waals surface area contributed by atoms with Crippen molar-refractivity contribution in [3.63, 3.8) is 0 Å². The molecule has 0 aromatic carbocycles. The number of methoxy groups -OCH3 is 1. The van der Waals surface area contributed by atoms with Crippen LogP contribution in [0.1, 0.15) is 13.3 Å². The van der Waals surface area contributed by atoms with Crippen molar-refractivity contribution in [3.05, 3.63) is 0 Å². The Morgan fingerprint density at radius 1 is 1.90 bits per heavy atom. The first-order chi connectivity index (χ1) is 4.60. The first-order valence-corrected chi connectivity index (χ1v) is 3.32. The van der Waals surface area contributed by atoms with Crippen LogP contribution in [-0.2, 0) is 9.53 Å². The molecule has 0 heterocycles. The summed E-state index contributed by atoms with van der Waals surface area (Å²) in [4.78, 5) is 10.4. The third-order valence-electron chi connectivity index (χ3n) is 2.12. The number of carboxylic acid groups (broad SMARTS) is 1. The van der Waals surface area contributed by atoms with Gasteiger partial charge in [0.15, 0.2) is 0 Å². The molecule has 1 fully saturated rings. The average Bonchev–Trinajstić information content (AvgIpc) is 2.43. The Labute approximate surface area is 60.0 Å². The Bertz CT molecular complexity index is 155. The molecule has 2 unspecified atom stereocenters. The second kappa shape index (κ2) is 2.23. The van der Waals surface area contributed by atoms with Crippen LogP contribution in [0.3, 0.4) is 0 Å². The molecule has 0 aromatic rings. The van der Waals surface area contributed by atoms with Crippen LogP contribution in [0.15, 0.2) is 0 Å². The Hall–Kier alpha value is -0.570. The maximum absolute atomic E-state index is 10.4. The van der Waals surface area contributed by atoms with Gasteiger partial charge < -0.3 is 9.84 Å². The third-order valence-corrected chi connectivity index (χ3v) is 2.12. The maximum atomic E-state index is 10.4. The van der Waals surface area contributed by atoms with E-state index in [2.05, 4.69) is 0 Å². The highest BCUT2D eigenvalue weighted by atomic mass is 16.5. The van der Waals surface area contributed by atoms with Crippen molar-refractivity contribution in [2.24, 2.45) is 11.3 Å². The topological polar surface area (TPSA) is 46.5 Å². The molecule has 1 aliphatic rings. The molecule has 2 atom stereocenters. The van der Waals surface area contributed by atoms with Crippen molar-refractivity contribution in [2.75, 3.05) is 13.7 Å². The summed E-state index contributed by atoms with van der Waals surface area (Å²) in [5.74, 6) is -0.869. The molecule has 1 rings (SSSR count). The average molecular weight is 144 g/mol. The minimum atomic E-state index is -0.695. The molecule has 0 radical (unpaired) electrons. The summed E-state index contributed by atoms with van der Waals surface area (Å²) in [6.45, 7) is 2.50. The molecule has 1 saturated carbocycles. The first kappa shape index (κ1) is 7.54. The van der Waals surface area contributed by atoms with Gasteiger partial charge in [0.1, 0.15) is 0 Å². The molecule has 58 valence electrons. The Morgan fingerprint density at radius 3 is 2.80 bits per heavy atom. The molecule has 0 amide bonds.